The van der Waals surface area contributed by atoms with E-state index in [0.717, 1.165) is 27.3 Å². The summed E-state index contributed by atoms with van der Waals surface area (Å²) in [4.78, 5) is 18.6. The molecule has 30 heavy (non-hydrogen) atoms. The van der Waals surface area contributed by atoms with E-state index < -0.39 is 0 Å². The second-order valence-electron chi connectivity index (χ2n) is 6.64. The fraction of sp³-hybridized carbons (Fsp3) is 0.0400. The molecule has 1 amide bonds. The molecule has 1 heterocycles. The first-order valence-corrected chi connectivity index (χ1v) is 11.0. The van der Waals surface area contributed by atoms with Gasteiger partial charge in [-0.25, -0.2) is 0 Å². The molecule has 0 fully saturated rings. The minimum absolute atomic E-state index is 0.184. The number of halogens is 1. The van der Waals surface area contributed by atoms with Gasteiger partial charge in [0.25, 0.3) is 5.91 Å². The van der Waals surface area contributed by atoms with Gasteiger partial charge in [0.15, 0.2) is 0 Å². The molecule has 5 heteroatoms. The van der Waals surface area contributed by atoms with E-state index in [2.05, 4.69) is 10.3 Å². The number of nitrogens with zero attached hydrogens (tertiary/aromatic N) is 1. The van der Waals surface area contributed by atoms with Crippen molar-refractivity contribution >= 4 is 35.0 Å². The zero-order chi connectivity index (χ0) is 20.9. The van der Waals surface area contributed by atoms with Crippen LogP contribution in [0.2, 0.25) is 5.02 Å². The summed E-state index contributed by atoms with van der Waals surface area (Å²) in [5.74, 6) is -0.184. The van der Waals surface area contributed by atoms with Gasteiger partial charge in [-0.3, -0.25) is 9.78 Å². The average Bonchev–Trinajstić information content (AvgIpc) is 2.80. The first kappa shape index (κ1) is 20.2. The third-order valence-electron chi connectivity index (χ3n) is 4.72. The maximum atomic E-state index is 13.2. The lowest BCUT2D eigenvalue weighted by Crippen LogP contribution is -2.13. The third-order valence-corrected chi connectivity index (χ3v) is 5.77. The summed E-state index contributed by atoms with van der Waals surface area (Å²) in [6, 6.07) is 26.8. The minimum Gasteiger partial charge on any atom is -0.322 e. The summed E-state index contributed by atoms with van der Waals surface area (Å²) >= 11 is 8.06. The fourth-order valence-electron chi connectivity index (χ4n) is 3.24. The highest BCUT2D eigenvalue weighted by Crippen LogP contribution is 2.33. The molecule has 1 N–H and O–H groups in total. The van der Waals surface area contributed by atoms with Crippen LogP contribution in [-0.4, -0.2) is 17.1 Å². The van der Waals surface area contributed by atoms with E-state index in [9.17, 15) is 4.79 Å². The quantitative estimate of drug-likeness (QED) is 0.345. The lowest BCUT2D eigenvalue weighted by atomic mass is 9.99. The molecule has 3 nitrogen and oxygen atoms in total. The molecule has 0 bridgehead atoms. The number of anilines is 1. The van der Waals surface area contributed by atoms with Gasteiger partial charge < -0.3 is 5.32 Å². The monoisotopic (exact) mass is 430 g/mol. The van der Waals surface area contributed by atoms with Crippen LogP contribution in [0.3, 0.4) is 0 Å². The normalized spacial score (nSPS) is 10.6. The number of hydrogen-bond acceptors (Lipinski definition) is 3. The van der Waals surface area contributed by atoms with Crippen LogP contribution in [0.15, 0.2) is 96.0 Å². The van der Waals surface area contributed by atoms with Crippen LogP contribution in [-0.2, 0) is 0 Å². The summed E-state index contributed by atoms with van der Waals surface area (Å²) in [7, 11) is 0. The standard InChI is InChI=1S/C25H19ClN2OS/c1-30-19-12-13-21(22(16-19)20-9-2-3-10-23(20)26)25(29)28-18-8-6-7-17(15-18)24-11-4-5-14-27-24/h2-16H,1H3,(H,28,29). The molecule has 4 rings (SSSR count). The Kier molecular flexibility index (Phi) is 6.17. The van der Waals surface area contributed by atoms with Crippen molar-refractivity contribution in [3.8, 4) is 22.4 Å². The Bertz CT molecular complexity index is 1190. The lowest BCUT2D eigenvalue weighted by Gasteiger charge is -2.13. The molecule has 0 saturated heterocycles. The summed E-state index contributed by atoms with van der Waals surface area (Å²) in [5, 5.41) is 3.63. The fourth-order valence-corrected chi connectivity index (χ4v) is 3.92. The third kappa shape index (κ3) is 4.40. The van der Waals surface area contributed by atoms with Crippen LogP contribution in [0.4, 0.5) is 5.69 Å². The number of rotatable bonds is 5. The Morgan fingerprint density at radius 3 is 2.50 bits per heavy atom. The van der Waals surface area contributed by atoms with Crippen LogP contribution in [0.1, 0.15) is 10.4 Å². The van der Waals surface area contributed by atoms with Gasteiger partial charge in [-0.15, -0.1) is 11.8 Å². The maximum Gasteiger partial charge on any atom is 0.256 e. The Balaban J connectivity index is 1.69. The zero-order valence-electron chi connectivity index (χ0n) is 16.3. The number of aromatic nitrogens is 1. The van der Waals surface area contributed by atoms with Crippen LogP contribution < -0.4 is 5.32 Å². The summed E-state index contributed by atoms with van der Waals surface area (Å²) in [6.07, 6.45) is 3.76. The predicted octanol–water partition coefficient (Wildman–Crippen LogP) is 7.04. The van der Waals surface area contributed by atoms with Crippen LogP contribution >= 0.6 is 23.4 Å². The molecule has 0 atom stereocenters. The topological polar surface area (TPSA) is 42.0 Å². The smallest absolute Gasteiger partial charge is 0.256 e. The molecule has 0 aliphatic rings. The molecule has 148 valence electrons. The van der Waals surface area contributed by atoms with Crippen molar-refractivity contribution in [2.45, 2.75) is 4.90 Å². The summed E-state index contributed by atoms with van der Waals surface area (Å²) in [6.45, 7) is 0. The second kappa shape index (κ2) is 9.16. The second-order valence-corrected chi connectivity index (χ2v) is 7.93. The number of carbonyl (C=O) groups excluding carboxylic acids is 1. The van der Waals surface area contributed by atoms with Crippen molar-refractivity contribution in [3.05, 3.63) is 102 Å². The Morgan fingerprint density at radius 1 is 0.900 bits per heavy atom. The zero-order valence-corrected chi connectivity index (χ0v) is 17.9. The number of nitrogens with one attached hydrogen (secondary N) is 1. The van der Waals surface area contributed by atoms with E-state index in [1.807, 2.05) is 91.2 Å². The van der Waals surface area contributed by atoms with Crippen molar-refractivity contribution in [1.29, 1.82) is 0 Å². The number of amides is 1. The van der Waals surface area contributed by atoms with E-state index in [1.54, 1.807) is 18.0 Å². The van der Waals surface area contributed by atoms with Crippen LogP contribution in [0, 0.1) is 0 Å². The Morgan fingerprint density at radius 2 is 1.73 bits per heavy atom. The van der Waals surface area contributed by atoms with Gasteiger partial charge in [-0.05, 0) is 60.4 Å². The van der Waals surface area contributed by atoms with Crippen molar-refractivity contribution < 1.29 is 4.79 Å². The number of thioether (sulfide) groups is 1. The number of carbonyl (C=O) groups is 1. The molecule has 0 aliphatic carbocycles. The highest BCUT2D eigenvalue weighted by atomic mass is 35.5. The highest BCUT2D eigenvalue weighted by molar-refractivity contribution is 7.98. The van der Waals surface area contributed by atoms with Crippen LogP contribution in [0.5, 0.6) is 0 Å². The molecule has 4 aromatic rings. The molecule has 0 radical (unpaired) electrons. The summed E-state index contributed by atoms with van der Waals surface area (Å²) in [5.41, 5.74) is 4.73. The molecule has 0 aliphatic heterocycles. The van der Waals surface area contributed by atoms with E-state index in [0.29, 0.717) is 16.3 Å². The first-order valence-electron chi connectivity index (χ1n) is 9.41. The first-order chi connectivity index (χ1) is 14.7. The molecule has 0 unspecified atom stereocenters. The number of pyridine rings is 1. The largest absolute Gasteiger partial charge is 0.322 e. The molecule has 0 spiro atoms. The molecule has 1 aromatic heterocycles. The van der Waals surface area contributed by atoms with Gasteiger partial charge in [0.1, 0.15) is 0 Å². The molecule has 3 aromatic carbocycles. The molecule has 0 saturated carbocycles. The summed E-state index contributed by atoms with van der Waals surface area (Å²) < 4.78 is 0. The van der Waals surface area contributed by atoms with Gasteiger partial charge in [-0.2, -0.15) is 0 Å². The van der Waals surface area contributed by atoms with Crippen molar-refractivity contribution in [3.63, 3.8) is 0 Å². The average molecular weight is 431 g/mol. The van der Waals surface area contributed by atoms with E-state index in [-0.39, 0.29) is 5.91 Å². The number of hydrogen-bond donors (Lipinski definition) is 1. The highest BCUT2D eigenvalue weighted by Gasteiger charge is 2.16. The van der Waals surface area contributed by atoms with Gasteiger partial charge >= 0.3 is 0 Å². The number of benzene rings is 3. The SMILES string of the molecule is CSc1ccc(C(=O)Nc2cccc(-c3ccccn3)c2)c(-c2ccccc2Cl)c1. The Hall–Kier alpha value is -3.08. The van der Waals surface area contributed by atoms with Gasteiger partial charge in [-0.1, -0.05) is 48.0 Å². The van der Waals surface area contributed by atoms with Gasteiger partial charge in [0.05, 0.1) is 5.69 Å². The van der Waals surface area contributed by atoms with Crippen molar-refractivity contribution in [2.24, 2.45) is 0 Å². The van der Waals surface area contributed by atoms with Crippen molar-refractivity contribution in [2.75, 3.05) is 11.6 Å². The van der Waals surface area contributed by atoms with Gasteiger partial charge in [0.2, 0.25) is 0 Å². The Labute approximate surface area is 185 Å². The van der Waals surface area contributed by atoms with E-state index >= 15 is 0 Å². The lowest BCUT2D eigenvalue weighted by molar-refractivity contribution is 0.102. The van der Waals surface area contributed by atoms with Crippen molar-refractivity contribution in [1.82, 2.24) is 4.98 Å². The van der Waals surface area contributed by atoms with Crippen LogP contribution in [0.25, 0.3) is 22.4 Å². The molecular formula is C25H19ClN2OS. The van der Waals surface area contributed by atoms with Gasteiger partial charge in [0, 0.05) is 38.5 Å². The minimum atomic E-state index is -0.184. The maximum absolute atomic E-state index is 13.2. The molecular weight excluding hydrogens is 412 g/mol. The van der Waals surface area contributed by atoms with E-state index in [4.69, 9.17) is 11.6 Å². The van der Waals surface area contributed by atoms with E-state index in [1.165, 1.54) is 0 Å². The predicted molar refractivity (Wildman–Crippen MR) is 126 cm³/mol.